The maximum Gasteiger partial charge on any atom is 0.271 e. The zero-order chi connectivity index (χ0) is 14.1. The summed E-state index contributed by atoms with van der Waals surface area (Å²) < 4.78 is 0. The van der Waals surface area contributed by atoms with E-state index >= 15 is 0 Å². The molecule has 0 spiro atoms. The second-order valence-electron chi connectivity index (χ2n) is 5.23. The number of nitrogens with zero attached hydrogens (tertiary/aromatic N) is 2. The van der Waals surface area contributed by atoms with E-state index in [0.29, 0.717) is 25.2 Å². The molecule has 2 N–H and O–H groups in total. The second-order valence-corrected chi connectivity index (χ2v) is 5.23. The number of hydrogen-bond donors (Lipinski definition) is 2. The molecule has 1 saturated heterocycles. The molecule has 2 heterocycles. The fraction of sp³-hybridized carbons (Fsp3) is 0.333. The van der Waals surface area contributed by atoms with Crippen molar-refractivity contribution in [3.8, 4) is 11.3 Å². The number of carbonyl (C=O) groups is 1. The van der Waals surface area contributed by atoms with E-state index in [2.05, 4.69) is 10.2 Å². The van der Waals surface area contributed by atoms with Crippen molar-refractivity contribution in [1.29, 1.82) is 0 Å². The summed E-state index contributed by atoms with van der Waals surface area (Å²) >= 11 is 0. The Bertz CT molecular complexity index is 618. The van der Waals surface area contributed by atoms with Gasteiger partial charge in [-0.05, 0) is 19.4 Å². The third kappa shape index (κ3) is 2.44. The number of aromatic nitrogens is 2. The van der Waals surface area contributed by atoms with E-state index in [1.54, 1.807) is 11.0 Å². The van der Waals surface area contributed by atoms with Crippen LogP contribution < -0.4 is 0 Å². The summed E-state index contributed by atoms with van der Waals surface area (Å²) in [6.45, 7) is 3.03. The Kier molecular flexibility index (Phi) is 3.28. The molecular weight excluding hydrogens is 254 g/mol. The Morgan fingerprint density at radius 3 is 2.80 bits per heavy atom. The van der Waals surface area contributed by atoms with Gasteiger partial charge in [0.1, 0.15) is 5.69 Å². The molecule has 0 radical (unpaired) electrons. The van der Waals surface area contributed by atoms with E-state index in [1.807, 2.05) is 31.2 Å². The minimum atomic E-state index is -0.404. The Hall–Kier alpha value is -2.14. The number of aromatic amines is 1. The van der Waals surface area contributed by atoms with Gasteiger partial charge in [-0.25, -0.2) is 0 Å². The average Bonchev–Trinajstić information content (AvgIpc) is 3.08. The van der Waals surface area contributed by atoms with Crippen molar-refractivity contribution in [2.45, 2.75) is 19.4 Å². The average molecular weight is 271 g/mol. The van der Waals surface area contributed by atoms with E-state index in [4.69, 9.17) is 0 Å². The van der Waals surface area contributed by atoms with Gasteiger partial charge in [-0.3, -0.25) is 9.89 Å². The highest BCUT2D eigenvalue weighted by Crippen LogP contribution is 2.20. The number of aliphatic hydroxyl groups excluding tert-OH is 1. The number of aryl methyl sites for hydroxylation is 1. The van der Waals surface area contributed by atoms with Gasteiger partial charge >= 0.3 is 0 Å². The maximum atomic E-state index is 12.2. The van der Waals surface area contributed by atoms with Crippen LogP contribution in [0.3, 0.4) is 0 Å². The van der Waals surface area contributed by atoms with E-state index in [0.717, 1.165) is 11.3 Å². The largest absolute Gasteiger partial charge is 0.391 e. The van der Waals surface area contributed by atoms with Crippen molar-refractivity contribution in [2.75, 3.05) is 13.1 Å². The first-order valence-corrected chi connectivity index (χ1v) is 6.73. The van der Waals surface area contributed by atoms with Crippen LogP contribution in [-0.2, 0) is 0 Å². The van der Waals surface area contributed by atoms with E-state index < -0.39 is 6.10 Å². The summed E-state index contributed by atoms with van der Waals surface area (Å²) in [7, 11) is 0. The molecule has 0 saturated carbocycles. The highest BCUT2D eigenvalue weighted by atomic mass is 16.3. The van der Waals surface area contributed by atoms with Gasteiger partial charge in [-0.1, -0.05) is 29.8 Å². The molecule has 1 aliphatic heterocycles. The normalized spacial score (nSPS) is 18.5. The molecule has 1 atom stereocenters. The molecule has 1 aliphatic rings. The van der Waals surface area contributed by atoms with Crippen molar-refractivity contribution in [2.24, 2.45) is 0 Å². The highest BCUT2D eigenvalue weighted by molar-refractivity contribution is 5.93. The maximum absolute atomic E-state index is 12.2. The van der Waals surface area contributed by atoms with Gasteiger partial charge in [0.15, 0.2) is 0 Å². The summed E-state index contributed by atoms with van der Waals surface area (Å²) in [5.74, 6) is -0.104. The molecule has 0 bridgehead atoms. The number of amides is 1. The van der Waals surface area contributed by atoms with Crippen LogP contribution in [0.25, 0.3) is 11.3 Å². The zero-order valence-electron chi connectivity index (χ0n) is 11.3. The van der Waals surface area contributed by atoms with Crippen LogP contribution in [0.15, 0.2) is 30.3 Å². The number of likely N-dealkylation sites (tertiary alicyclic amines) is 1. The molecule has 1 amide bonds. The number of hydrogen-bond acceptors (Lipinski definition) is 3. The van der Waals surface area contributed by atoms with E-state index in [-0.39, 0.29) is 5.91 Å². The predicted octanol–water partition coefficient (Wildman–Crippen LogP) is 1.59. The van der Waals surface area contributed by atoms with Gasteiger partial charge in [-0.15, -0.1) is 0 Å². The second kappa shape index (κ2) is 5.09. The van der Waals surface area contributed by atoms with Crippen LogP contribution >= 0.6 is 0 Å². The van der Waals surface area contributed by atoms with Crippen LogP contribution in [-0.4, -0.2) is 45.3 Å². The molecule has 20 heavy (non-hydrogen) atoms. The Labute approximate surface area is 117 Å². The molecule has 1 aromatic carbocycles. The number of rotatable bonds is 2. The topological polar surface area (TPSA) is 69.2 Å². The third-order valence-electron chi connectivity index (χ3n) is 3.61. The molecule has 1 fully saturated rings. The third-order valence-corrected chi connectivity index (χ3v) is 3.61. The quantitative estimate of drug-likeness (QED) is 0.871. The Morgan fingerprint density at radius 1 is 1.40 bits per heavy atom. The number of H-pyrrole nitrogens is 1. The lowest BCUT2D eigenvalue weighted by Gasteiger charge is -2.13. The summed E-state index contributed by atoms with van der Waals surface area (Å²) in [5.41, 5.74) is 3.39. The van der Waals surface area contributed by atoms with Gasteiger partial charge in [-0.2, -0.15) is 5.10 Å². The highest BCUT2D eigenvalue weighted by Gasteiger charge is 2.26. The van der Waals surface area contributed by atoms with Crippen molar-refractivity contribution < 1.29 is 9.90 Å². The van der Waals surface area contributed by atoms with Crippen molar-refractivity contribution in [3.05, 3.63) is 41.6 Å². The molecule has 0 aliphatic carbocycles. The summed E-state index contributed by atoms with van der Waals surface area (Å²) in [6.07, 6.45) is 0.239. The lowest BCUT2D eigenvalue weighted by molar-refractivity contribution is 0.0759. The minimum absolute atomic E-state index is 0.104. The Balaban J connectivity index is 1.79. The zero-order valence-corrected chi connectivity index (χ0v) is 11.3. The molecule has 5 nitrogen and oxygen atoms in total. The van der Waals surface area contributed by atoms with Crippen molar-refractivity contribution in [1.82, 2.24) is 15.1 Å². The van der Waals surface area contributed by atoms with Gasteiger partial charge in [0.2, 0.25) is 0 Å². The van der Waals surface area contributed by atoms with Crippen LogP contribution in [0.1, 0.15) is 22.5 Å². The van der Waals surface area contributed by atoms with Crippen LogP contribution in [0, 0.1) is 6.92 Å². The SMILES string of the molecule is Cc1ccc(-c2cc(C(=O)N3CC[C@@H](O)C3)[nH]n2)cc1. The predicted molar refractivity (Wildman–Crippen MR) is 75.3 cm³/mol. The van der Waals surface area contributed by atoms with Gasteiger partial charge in [0.25, 0.3) is 5.91 Å². The van der Waals surface area contributed by atoms with Crippen LogP contribution in [0.2, 0.25) is 0 Å². The monoisotopic (exact) mass is 271 g/mol. The van der Waals surface area contributed by atoms with Crippen molar-refractivity contribution in [3.63, 3.8) is 0 Å². The summed E-state index contributed by atoms with van der Waals surface area (Å²) in [4.78, 5) is 13.9. The molecule has 2 aromatic rings. The first-order valence-electron chi connectivity index (χ1n) is 6.73. The molecular formula is C15H17N3O2. The lowest BCUT2D eigenvalue weighted by atomic mass is 10.1. The number of nitrogens with one attached hydrogen (secondary N) is 1. The van der Waals surface area contributed by atoms with Crippen molar-refractivity contribution >= 4 is 5.91 Å². The molecule has 3 rings (SSSR count). The minimum Gasteiger partial charge on any atom is -0.391 e. The fourth-order valence-electron chi connectivity index (χ4n) is 2.40. The van der Waals surface area contributed by atoms with Crippen LogP contribution in [0.5, 0.6) is 0 Å². The fourth-order valence-corrected chi connectivity index (χ4v) is 2.40. The standard InChI is InChI=1S/C15H17N3O2/c1-10-2-4-11(5-3-10)13-8-14(17-16-13)15(20)18-7-6-12(19)9-18/h2-5,8,12,19H,6-7,9H2,1H3,(H,16,17)/t12-/m1/s1. The first kappa shape index (κ1) is 12.9. The van der Waals surface area contributed by atoms with Crippen LogP contribution in [0.4, 0.5) is 0 Å². The number of β-amino-alcohol motifs (C(OH)–C–C–N with tert-alkyl or cyclic N) is 1. The first-order chi connectivity index (χ1) is 9.63. The van der Waals surface area contributed by atoms with Gasteiger partial charge < -0.3 is 10.0 Å². The molecule has 104 valence electrons. The number of aliphatic hydroxyl groups is 1. The summed E-state index contributed by atoms with van der Waals surface area (Å²) in [5, 5.41) is 16.5. The molecule has 5 heteroatoms. The number of carbonyl (C=O) groups excluding carboxylic acids is 1. The van der Waals surface area contributed by atoms with E-state index in [9.17, 15) is 9.90 Å². The Morgan fingerprint density at radius 2 is 2.15 bits per heavy atom. The molecule has 0 unspecified atom stereocenters. The lowest BCUT2D eigenvalue weighted by Crippen LogP contribution is -2.29. The van der Waals surface area contributed by atoms with Gasteiger partial charge in [0.05, 0.1) is 11.8 Å². The van der Waals surface area contributed by atoms with Gasteiger partial charge in [0, 0.05) is 18.7 Å². The number of benzene rings is 1. The van der Waals surface area contributed by atoms with E-state index in [1.165, 1.54) is 5.56 Å². The molecule has 1 aromatic heterocycles. The summed E-state index contributed by atoms with van der Waals surface area (Å²) in [6, 6.07) is 9.76. The smallest absolute Gasteiger partial charge is 0.271 e.